The number of nitrogens with one attached hydrogen (secondary N) is 1. The second-order valence-electron chi connectivity index (χ2n) is 7.36. The fourth-order valence-corrected chi connectivity index (χ4v) is 3.93. The van der Waals surface area contributed by atoms with Crippen molar-refractivity contribution in [3.05, 3.63) is 18.0 Å². The van der Waals surface area contributed by atoms with Gasteiger partial charge in [-0.3, -0.25) is 4.99 Å². The summed E-state index contributed by atoms with van der Waals surface area (Å²) in [4.78, 5) is 6.82. The normalized spacial score (nSPS) is 17.8. The summed E-state index contributed by atoms with van der Waals surface area (Å²) < 4.78 is 31.2. The average molecular weight is 372 g/mol. The molecule has 1 aromatic heterocycles. The van der Waals surface area contributed by atoms with Crippen molar-refractivity contribution in [3.63, 3.8) is 0 Å². The van der Waals surface area contributed by atoms with Crippen LogP contribution in [0.1, 0.15) is 33.4 Å². The first kappa shape index (κ1) is 19.7. The highest BCUT2D eigenvalue weighted by molar-refractivity contribution is 7.88. The molecule has 1 N–H and O–H groups in total. The van der Waals surface area contributed by atoms with Crippen LogP contribution in [0.5, 0.6) is 0 Å². The number of nitrogens with zero attached hydrogens (tertiary/aromatic N) is 4. The lowest BCUT2D eigenvalue weighted by Crippen LogP contribution is -2.54. The van der Waals surface area contributed by atoms with Gasteiger partial charge in [0.05, 0.1) is 5.69 Å². The molecule has 142 valence electrons. The van der Waals surface area contributed by atoms with Crippen molar-refractivity contribution in [2.75, 3.05) is 39.3 Å². The molecule has 0 atom stereocenters. The van der Waals surface area contributed by atoms with Gasteiger partial charge in [-0.05, 0) is 12.3 Å². The fraction of sp³-hybridized carbons (Fsp3) is 0.750. The molecule has 0 radical (unpaired) electrons. The molecule has 25 heavy (non-hydrogen) atoms. The van der Waals surface area contributed by atoms with E-state index in [0.717, 1.165) is 19.0 Å². The number of aromatic nitrogens is 1. The average Bonchev–Trinajstić information content (AvgIpc) is 3.03. The summed E-state index contributed by atoms with van der Waals surface area (Å²) in [6.45, 7) is 12.1. The zero-order chi connectivity index (χ0) is 18.5. The fourth-order valence-electron chi connectivity index (χ4n) is 2.51. The maximum Gasteiger partial charge on any atom is 0.220 e. The third-order valence-corrected chi connectivity index (χ3v) is 5.60. The second kappa shape index (κ2) is 8.18. The van der Waals surface area contributed by atoms with Crippen LogP contribution in [0.4, 0.5) is 0 Å². The lowest BCUT2D eigenvalue weighted by Gasteiger charge is -2.36. The zero-order valence-electron chi connectivity index (χ0n) is 15.5. The van der Waals surface area contributed by atoms with E-state index >= 15 is 0 Å². The molecule has 2 rings (SSSR count). The number of hydrogen-bond donors (Lipinski definition) is 1. The Morgan fingerprint density at radius 2 is 2.00 bits per heavy atom. The minimum atomic E-state index is -3.38. The van der Waals surface area contributed by atoms with E-state index in [2.05, 4.69) is 36.1 Å². The van der Waals surface area contributed by atoms with Gasteiger partial charge in [0.1, 0.15) is 12.0 Å². The summed E-state index contributed by atoms with van der Waals surface area (Å²) in [5.74, 6) is 0.729. The van der Waals surface area contributed by atoms with Crippen molar-refractivity contribution in [2.24, 2.45) is 10.4 Å². The zero-order valence-corrected chi connectivity index (χ0v) is 16.3. The topological polar surface area (TPSA) is 91.0 Å². The van der Waals surface area contributed by atoms with Gasteiger partial charge in [0.2, 0.25) is 10.0 Å². The first-order chi connectivity index (χ1) is 11.7. The molecular weight excluding hydrogens is 342 g/mol. The van der Waals surface area contributed by atoms with Crippen LogP contribution in [0.25, 0.3) is 0 Å². The number of rotatable bonds is 5. The molecule has 0 unspecified atom stereocenters. The highest BCUT2D eigenvalue weighted by Gasteiger charge is 2.29. The van der Waals surface area contributed by atoms with Crippen molar-refractivity contribution < 1.29 is 12.9 Å². The van der Waals surface area contributed by atoms with Gasteiger partial charge >= 0.3 is 0 Å². The minimum Gasteiger partial charge on any atom is -0.364 e. The highest BCUT2D eigenvalue weighted by atomic mass is 32.2. The van der Waals surface area contributed by atoms with E-state index in [9.17, 15) is 8.42 Å². The summed E-state index contributed by atoms with van der Waals surface area (Å²) in [7, 11) is -3.38. The summed E-state index contributed by atoms with van der Waals surface area (Å²) in [6, 6.07) is 1.58. The summed E-state index contributed by atoms with van der Waals surface area (Å²) in [5.41, 5.74) is 0.547. The monoisotopic (exact) mass is 371 g/mol. The Balaban J connectivity index is 1.97. The molecule has 0 amide bonds. The van der Waals surface area contributed by atoms with Gasteiger partial charge in [-0.2, -0.15) is 4.31 Å². The van der Waals surface area contributed by atoms with Crippen LogP contribution in [-0.4, -0.2) is 68.0 Å². The largest absolute Gasteiger partial charge is 0.364 e. The summed E-state index contributed by atoms with van der Waals surface area (Å²) >= 11 is 0. The Labute approximate surface area is 150 Å². The number of sulfonamides is 1. The van der Waals surface area contributed by atoms with Crippen LogP contribution >= 0.6 is 0 Å². The SMILES string of the molecule is CCNC(=NCC(C)(C)C)N1CCN(S(=O)(=O)Cc2ccon2)CC1. The van der Waals surface area contributed by atoms with Crippen LogP contribution < -0.4 is 5.32 Å². The van der Waals surface area contributed by atoms with E-state index in [0.29, 0.717) is 31.9 Å². The molecule has 2 heterocycles. The Bertz CT molecular complexity index is 656. The molecule has 9 heteroatoms. The van der Waals surface area contributed by atoms with Gasteiger partial charge in [0.25, 0.3) is 0 Å². The smallest absolute Gasteiger partial charge is 0.220 e. The van der Waals surface area contributed by atoms with Crippen molar-refractivity contribution in [2.45, 2.75) is 33.4 Å². The lowest BCUT2D eigenvalue weighted by atomic mass is 9.97. The molecule has 1 aromatic rings. The standard InChI is InChI=1S/C16H29N5O3S/c1-5-17-15(18-13-16(2,3)4)20-7-9-21(10-8-20)25(22,23)12-14-6-11-24-19-14/h6,11H,5,7-10,12-13H2,1-4H3,(H,17,18). The van der Waals surface area contributed by atoms with Gasteiger partial charge in [-0.1, -0.05) is 25.9 Å². The van der Waals surface area contributed by atoms with Crippen LogP contribution in [0.15, 0.2) is 21.8 Å². The van der Waals surface area contributed by atoms with Crippen LogP contribution in [-0.2, 0) is 15.8 Å². The number of guanidine groups is 1. The van der Waals surface area contributed by atoms with Crippen molar-refractivity contribution in [1.82, 2.24) is 19.7 Å². The van der Waals surface area contributed by atoms with Gasteiger partial charge in [-0.15, -0.1) is 0 Å². The molecule has 8 nitrogen and oxygen atoms in total. The second-order valence-corrected chi connectivity index (χ2v) is 9.33. The van der Waals surface area contributed by atoms with Crippen LogP contribution in [0.3, 0.4) is 0 Å². The summed E-state index contributed by atoms with van der Waals surface area (Å²) in [5, 5.41) is 6.99. The molecule has 0 aromatic carbocycles. The van der Waals surface area contributed by atoms with E-state index in [1.165, 1.54) is 10.6 Å². The molecular formula is C16H29N5O3S. The third kappa shape index (κ3) is 6.00. The molecule has 1 fully saturated rings. The lowest BCUT2D eigenvalue weighted by molar-refractivity contribution is 0.259. The Kier molecular flexibility index (Phi) is 6.45. The summed E-state index contributed by atoms with van der Waals surface area (Å²) in [6.07, 6.45) is 1.39. The van der Waals surface area contributed by atoms with Gasteiger partial charge in [-0.25, -0.2) is 8.42 Å². The first-order valence-corrected chi connectivity index (χ1v) is 10.2. The van der Waals surface area contributed by atoms with E-state index in [1.54, 1.807) is 6.07 Å². The minimum absolute atomic E-state index is 0.115. The van der Waals surface area contributed by atoms with Gasteiger partial charge in [0, 0.05) is 45.3 Å². The van der Waals surface area contributed by atoms with E-state index in [4.69, 9.17) is 9.52 Å². The van der Waals surface area contributed by atoms with E-state index < -0.39 is 10.0 Å². The highest BCUT2D eigenvalue weighted by Crippen LogP contribution is 2.15. The van der Waals surface area contributed by atoms with Crippen molar-refractivity contribution >= 4 is 16.0 Å². The molecule has 0 saturated carbocycles. The maximum absolute atomic E-state index is 12.5. The number of aliphatic imine (C=N–C) groups is 1. The van der Waals surface area contributed by atoms with Gasteiger partial charge in [0.15, 0.2) is 5.96 Å². The Morgan fingerprint density at radius 1 is 1.32 bits per heavy atom. The van der Waals surface area contributed by atoms with Crippen LogP contribution in [0.2, 0.25) is 0 Å². The van der Waals surface area contributed by atoms with E-state index in [-0.39, 0.29) is 11.2 Å². The maximum atomic E-state index is 12.5. The number of hydrogen-bond acceptors (Lipinski definition) is 5. The van der Waals surface area contributed by atoms with Crippen molar-refractivity contribution in [3.8, 4) is 0 Å². The molecule has 1 aliphatic heterocycles. The predicted molar refractivity (Wildman–Crippen MR) is 97.7 cm³/mol. The van der Waals surface area contributed by atoms with E-state index in [1.807, 2.05) is 6.92 Å². The predicted octanol–water partition coefficient (Wildman–Crippen LogP) is 1.13. The Morgan fingerprint density at radius 3 is 2.52 bits per heavy atom. The molecule has 0 spiro atoms. The number of piperazine rings is 1. The third-order valence-electron chi connectivity index (χ3n) is 3.79. The quantitative estimate of drug-likeness (QED) is 0.616. The Hall–Kier alpha value is -1.61. The molecule has 0 aliphatic carbocycles. The molecule has 0 bridgehead atoms. The van der Waals surface area contributed by atoms with Crippen LogP contribution in [0, 0.1) is 5.41 Å². The molecule has 1 aliphatic rings. The molecule has 1 saturated heterocycles. The van der Waals surface area contributed by atoms with Crippen molar-refractivity contribution in [1.29, 1.82) is 0 Å². The van der Waals surface area contributed by atoms with Gasteiger partial charge < -0.3 is 14.7 Å². The first-order valence-electron chi connectivity index (χ1n) is 8.61.